The number of sulfonamides is 1. The molecule has 0 saturated carbocycles. The largest absolute Gasteiger partial charge is 0.348 e. The summed E-state index contributed by atoms with van der Waals surface area (Å²) >= 11 is 5.79. The molecular weight excluding hydrogens is 396 g/mol. The Morgan fingerprint density at radius 1 is 0.893 bits per heavy atom. The van der Waals surface area contributed by atoms with Crippen LogP contribution >= 0.6 is 11.6 Å². The van der Waals surface area contributed by atoms with E-state index in [1.54, 1.807) is 24.3 Å². The molecule has 0 spiro atoms. The van der Waals surface area contributed by atoms with Crippen molar-refractivity contribution in [2.45, 2.75) is 18.4 Å². The number of carbonyl (C=O) groups excluding carboxylic acids is 1. The molecule has 28 heavy (non-hydrogen) atoms. The number of hydrogen-bond acceptors (Lipinski definition) is 3. The van der Waals surface area contributed by atoms with E-state index in [2.05, 4.69) is 10.0 Å². The van der Waals surface area contributed by atoms with Crippen molar-refractivity contribution in [3.63, 3.8) is 0 Å². The number of hydrogen-bond donors (Lipinski definition) is 2. The molecule has 0 fully saturated rings. The van der Waals surface area contributed by atoms with Crippen molar-refractivity contribution >= 4 is 33.2 Å². The van der Waals surface area contributed by atoms with Crippen molar-refractivity contribution in [2.75, 3.05) is 4.72 Å². The summed E-state index contributed by atoms with van der Waals surface area (Å²) in [4.78, 5) is 12.4. The Kier molecular flexibility index (Phi) is 6.02. The molecule has 0 saturated heterocycles. The summed E-state index contributed by atoms with van der Waals surface area (Å²) in [5, 5.41) is 3.30. The van der Waals surface area contributed by atoms with Crippen LogP contribution in [0.2, 0.25) is 5.02 Å². The first-order valence-corrected chi connectivity index (χ1v) is 10.4. The van der Waals surface area contributed by atoms with Gasteiger partial charge in [-0.2, -0.15) is 0 Å². The van der Waals surface area contributed by atoms with Crippen molar-refractivity contribution in [2.24, 2.45) is 0 Å². The molecular formula is C21H19ClN2O3S. The molecule has 1 amide bonds. The van der Waals surface area contributed by atoms with Gasteiger partial charge < -0.3 is 5.32 Å². The molecule has 0 aliphatic heterocycles. The summed E-state index contributed by atoms with van der Waals surface area (Å²) < 4.78 is 27.2. The summed E-state index contributed by atoms with van der Waals surface area (Å²) in [5.41, 5.74) is 2.98. The lowest BCUT2D eigenvalue weighted by Gasteiger charge is -2.09. The first-order valence-electron chi connectivity index (χ1n) is 8.56. The van der Waals surface area contributed by atoms with Gasteiger partial charge in [0, 0.05) is 22.8 Å². The highest BCUT2D eigenvalue weighted by atomic mass is 35.5. The van der Waals surface area contributed by atoms with Gasteiger partial charge in [-0.25, -0.2) is 8.42 Å². The second-order valence-corrected chi connectivity index (χ2v) is 8.42. The van der Waals surface area contributed by atoms with E-state index in [9.17, 15) is 13.2 Å². The summed E-state index contributed by atoms with van der Waals surface area (Å²) in [7, 11) is -3.72. The average molecular weight is 415 g/mol. The predicted molar refractivity (Wildman–Crippen MR) is 111 cm³/mol. The van der Waals surface area contributed by atoms with E-state index in [1.807, 2.05) is 31.2 Å². The monoisotopic (exact) mass is 414 g/mol. The van der Waals surface area contributed by atoms with Crippen LogP contribution < -0.4 is 10.0 Å². The molecule has 0 aliphatic rings. The van der Waals surface area contributed by atoms with Crippen molar-refractivity contribution in [3.05, 3.63) is 94.5 Å². The predicted octanol–water partition coefficient (Wildman–Crippen LogP) is 4.38. The zero-order chi connectivity index (χ0) is 20.1. The standard InChI is InChI=1S/C21H19ClN2O3S/c1-15-2-4-16(5-3-15)14-23-21(25)17-6-10-19(11-7-17)24-28(26,27)20-12-8-18(22)9-13-20/h2-13,24H,14H2,1H3,(H,23,25). The minimum absolute atomic E-state index is 0.108. The zero-order valence-electron chi connectivity index (χ0n) is 15.1. The number of carbonyl (C=O) groups is 1. The fraction of sp³-hybridized carbons (Fsp3) is 0.0952. The second kappa shape index (κ2) is 8.46. The molecule has 0 bridgehead atoms. The second-order valence-electron chi connectivity index (χ2n) is 6.31. The first kappa shape index (κ1) is 19.9. The van der Waals surface area contributed by atoms with Crippen LogP contribution in [0.15, 0.2) is 77.7 Å². The Bertz CT molecular complexity index is 1060. The van der Waals surface area contributed by atoms with Gasteiger partial charge >= 0.3 is 0 Å². The highest BCUT2D eigenvalue weighted by Gasteiger charge is 2.14. The van der Waals surface area contributed by atoms with E-state index in [1.165, 1.54) is 24.3 Å². The minimum Gasteiger partial charge on any atom is -0.348 e. The third-order valence-electron chi connectivity index (χ3n) is 4.10. The SMILES string of the molecule is Cc1ccc(CNC(=O)c2ccc(NS(=O)(=O)c3ccc(Cl)cc3)cc2)cc1. The van der Waals surface area contributed by atoms with Gasteiger partial charge in [0.05, 0.1) is 4.90 Å². The van der Waals surface area contributed by atoms with Gasteiger partial charge in [0.1, 0.15) is 0 Å². The van der Waals surface area contributed by atoms with Gasteiger partial charge in [-0.15, -0.1) is 0 Å². The lowest BCUT2D eigenvalue weighted by Crippen LogP contribution is -2.22. The van der Waals surface area contributed by atoms with Crippen LogP contribution in [0.3, 0.4) is 0 Å². The number of benzene rings is 3. The highest BCUT2D eigenvalue weighted by Crippen LogP contribution is 2.18. The summed E-state index contributed by atoms with van der Waals surface area (Å²) in [6.45, 7) is 2.43. The van der Waals surface area contributed by atoms with E-state index in [-0.39, 0.29) is 10.8 Å². The van der Waals surface area contributed by atoms with Crippen molar-refractivity contribution < 1.29 is 13.2 Å². The maximum absolute atomic E-state index is 12.4. The summed E-state index contributed by atoms with van der Waals surface area (Å²) in [6, 6.07) is 20.0. The molecule has 2 N–H and O–H groups in total. The average Bonchev–Trinajstić information content (AvgIpc) is 2.68. The van der Waals surface area contributed by atoms with Gasteiger partial charge in [-0.3, -0.25) is 9.52 Å². The van der Waals surface area contributed by atoms with Crippen LogP contribution in [-0.2, 0) is 16.6 Å². The number of anilines is 1. The lowest BCUT2D eigenvalue weighted by atomic mass is 10.1. The van der Waals surface area contributed by atoms with Gasteiger partial charge in [-0.1, -0.05) is 41.4 Å². The van der Waals surface area contributed by atoms with Gasteiger partial charge in [0.25, 0.3) is 15.9 Å². The van der Waals surface area contributed by atoms with E-state index in [0.29, 0.717) is 22.8 Å². The smallest absolute Gasteiger partial charge is 0.261 e. The maximum Gasteiger partial charge on any atom is 0.261 e. The molecule has 0 radical (unpaired) electrons. The lowest BCUT2D eigenvalue weighted by molar-refractivity contribution is 0.0951. The fourth-order valence-corrected chi connectivity index (χ4v) is 3.69. The molecule has 3 aromatic rings. The Morgan fingerprint density at radius 3 is 2.11 bits per heavy atom. The summed E-state index contributed by atoms with van der Waals surface area (Å²) in [6.07, 6.45) is 0. The molecule has 7 heteroatoms. The van der Waals surface area contributed by atoms with Crippen molar-refractivity contribution in [3.8, 4) is 0 Å². The number of halogens is 1. The molecule has 0 aromatic heterocycles. The van der Waals surface area contributed by atoms with E-state index < -0.39 is 10.0 Å². The highest BCUT2D eigenvalue weighted by molar-refractivity contribution is 7.92. The third kappa shape index (κ3) is 5.12. The van der Waals surface area contributed by atoms with E-state index in [0.717, 1.165) is 11.1 Å². The normalized spacial score (nSPS) is 11.1. The van der Waals surface area contributed by atoms with E-state index in [4.69, 9.17) is 11.6 Å². The molecule has 0 aliphatic carbocycles. The Labute approximate surface area is 169 Å². The molecule has 3 rings (SSSR count). The van der Waals surface area contributed by atoms with Crippen molar-refractivity contribution in [1.82, 2.24) is 5.32 Å². The molecule has 0 atom stereocenters. The van der Waals surface area contributed by atoms with Gasteiger partial charge in [0.2, 0.25) is 0 Å². The van der Waals surface area contributed by atoms with Crippen LogP contribution in [0.25, 0.3) is 0 Å². The van der Waals surface area contributed by atoms with E-state index >= 15 is 0 Å². The molecule has 3 aromatic carbocycles. The Balaban J connectivity index is 1.63. The number of rotatable bonds is 6. The van der Waals surface area contributed by atoms with Gasteiger partial charge in [-0.05, 0) is 61.0 Å². The first-order chi connectivity index (χ1) is 13.3. The minimum atomic E-state index is -3.72. The van der Waals surface area contributed by atoms with Crippen LogP contribution in [0.1, 0.15) is 21.5 Å². The third-order valence-corrected chi connectivity index (χ3v) is 5.75. The van der Waals surface area contributed by atoms with Crippen LogP contribution in [0.4, 0.5) is 5.69 Å². The summed E-state index contributed by atoms with van der Waals surface area (Å²) in [5.74, 6) is -0.229. The Morgan fingerprint density at radius 2 is 1.50 bits per heavy atom. The maximum atomic E-state index is 12.4. The quantitative estimate of drug-likeness (QED) is 0.628. The zero-order valence-corrected chi connectivity index (χ0v) is 16.7. The number of nitrogens with one attached hydrogen (secondary N) is 2. The van der Waals surface area contributed by atoms with Crippen molar-refractivity contribution in [1.29, 1.82) is 0 Å². The molecule has 0 unspecified atom stereocenters. The van der Waals surface area contributed by atoms with Gasteiger partial charge in [0.15, 0.2) is 0 Å². The fourth-order valence-electron chi connectivity index (χ4n) is 2.51. The molecule has 0 heterocycles. The van der Waals surface area contributed by atoms with Crippen LogP contribution in [-0.4, -0.2) is 14.3 Å². The number of amides is 1. The number of aryl methyl sites for hydroxylation is 1. The Hall–Kier alpha value is -2.83. The molecule has 5 nitrogen and oxygen atoms in total. The topological polar surface area (TPSA) is 75.3 Å². The van der Waals surface area contributed by atoms with Crippen LogP contribution in [0, 0.1) is 6.92 Å². The molecule has 144 valence electrons. The van der Waals surface area contributed by atoms with Crippen LogP contribution in [0.5, 0.6) is 0 Å².